The lowest BCUT2D eigenvalue weighted by Gasteiger charge is -2.29. The Labute approximate surface area is 365 Å². The first-order chi connectivity index (χ1) is 34.9. The fraction of sp³-hybridized carbons (Fsp3) is 0.0345. The number of hydrogen-bond donors (Lipinski definition) is 0. The van der Waals surface area contributed by atoms with Gasteiger partial charge in [-0.3, -0.25) is 0 Å². The maximum Gasteiger partial charge on any atom is 0.0629 e. The molecule has 0 radical (unpaired) electrons. The molecular formula is C58H41N. The highest BCUT2D eigenvalue weighted by atomic mass is 15.1. The molecule has 0 fully saturated rings. The summed E-state index contributed by atoms with van der Waals surface area (Å²) in [6.45, 7) is 2.28. The average Bonchev–Trinajstić information content (AvgIpc) is 3.68. The monoisotopic (exact) mass is 765 g/mol. The van der Waals surface area contributed by atoms with Crippen LogP contribution in [0.3, 0.4) is 0 Å². The lowest BCUT2D eigenvalue weighted by atomic mass is 9.74. The Hall–Kier alpha value is -7.48. The molecule has 0 N–H and O–H groups in total. The highest BCUT2D eigenvalue weighted by Gasteiger charge is 2.40. The summed E-state index contributed by atoms with van der Waals surface area (Å²) in [7, 11) is 0. The molecule has 0 atom stereocenters. The summed E-state index contributed by atoms with van der Waals surface area (Å²) < 4.78 is 121. The van der Waals surface area contributed by atoms with Gasteiger partial charge in [0.1, 0.15) is 0 Å². The Morgan fingerprint density at radius 1 is 0.373 bits per heavy atom. The van der Waals surface area contributed by atoms with Crippen molar-refractivity contribution in [3.05, 3.63) is 247 Å². The number of rotatable bonds is 7. The van der Waals surface area contributed by atoms with E-state index in [0.717, 1.165) is 22.4 Å². The third-order valence-electron chi connectivity index (χ3n) is 11.6. The molecule has 0 spiro atoms. The summed E-state index contributed by atoms with van der Waals surface area (Å²) in [5, 5.41) is -0.320. The van der Waals surface area contributed by atoms with Crippen molar-refractivity contribution in [1.29, 1.82) is 0 Å². The molecule has 0 aromatic heterocycles. The number of anilines is 3. The predicted octanol–water partition coefficient (Wildman–Crippen LogP) is 15.8. The third kappa shape index (κ3) is 5.86. The molecule has 10 aromatic rings. The van der Waals surface area contributed by atoms with Crippen LogP contribution in [0.1, 0.15) is 42.8 Å². The maximum atomic E-state index is 8.96. The van der Waals surface area contributed by atoms with Gasteiger partial charge in [-0.25, -0.2) is 0 Å². The van der Waals surface area contributed by atoms with Gasteiger partial charge < -0.3 is 4.90 Å². The number of benzene rings is 10. The molecule has 10 aromatic carbocycles. The summed E-state index contributed by atoms with van der Waals surface area (Å²) in [5.74, 6) is 0. The summed E-state index contributed by atoms with van der Waals surface area (Å²) in [6.07, 6.45) is 0. The molecule has 0 saturated carbocycles. The largest absolute Gasteiger partial charge is 0.311 e. The van der Waals surface area contributed by atoms with E-state index in [1.165, 1.54) is 22.3 Å². The standard InChI is InChI=1S/C58H41N/c1-58(56-25-8-6-21-54(56)55-22-7-9-26-57(55)58)46-18-10-17-45(39-46)40-27-33-47(34-28-40)59(48-35-29-43(30-36-48)52-23-11-15-41-13-2-4-19-50(41)52)49-37-31-44(32-38-49)53-24-12-16-42-14-3-5-20-51(42)53/h2-39H,1H3/i2D,3D,4D,5D,11D,12D,13D,14D,15D,16D,19D,20D,23D,24D. The van der Waals surface area contributed by atoms with E-state index in [-0.39, 0.29) is 44.8 Å². The van der Waals surface area contributed by atoms with Crippen LogP contribution >= 0.6 is 0 Å². The molecule has 1 nitrogen and oxygen atoms in total. The lowest BCUT2D eigenvalue weighted by Crippen LogP contribution is -2.22. The zero-order valence-corrected chi connectivity index (χ0v) is 31.8. The minimum Gasteiger partial charge on any atom is -0.311 e. The van der Waals surface area contributed by atoms with E-state index in [2.05, 4.69) is 79.7 Å². The molecule has 0 unspecified atom stereocenters. The van der Waals surface area contributed by atoms with Crippen molar-refractivity contribution in [3.8, 4) is 44.5 Å². The molecule has 278 valence electrons. The van der Waals surface area contributed by atoms with Crippen molar-refractivity contribution < 1.29 is 19.2 Å². The van der Waals surface area contributed by atoms with Crippen molar-refractivity contribution in [3.63, 3.8) is 0 Å². The topological polar surface area (TPSA) is 3.24 Å². The van der Waals surface area contributed by atoms with Crippen molar-refractivity contribution in [2.75, 3.05) is 4.90 Å². The summed E-state index contributed by atoms with van der Waals surface area (Å²) >= 11 is 0. The highest BCUT2D eigenvalue weighted by Crippen LogP contribution is 2.52. The fourth-order valence-electron chi connectivity index (χ4n) is 8.64. The Kier molecular flexibility index (Phi) is 5.54. The first kappa shape index (κ1) is 23.1. The summed E-state index contributed by atoms with van der Waals surface area (Å²) in [4.78, 5) is 1.96. The quantitative estimate of drug-likeness (QED) is 0.156. The van der Waals surface area contributed by atoms with Crippen LogP contribution in [-0.4, -0.2) is 0 Å². The molecule has 1 aliphatic carbocycles. The van der Waals surface area contributed by atoms with Crippen LogP contribution in [0, 0.1) is 0 Å². The van der Waals surface area contributed by atoms with E-state index >= 15 is 0 Å². The Bertz CT molecular complexity index is 3740. The minimum absolute atomic E-state index is 0.0207. The predicted molar refractivity (Wildman–Crippen MR) is 250 cm³/mol. The van der Waals surface area contributed by atoms with Crippen molar-refractivity contribution in [2.24, 2.45) is 0 Å². The lowest BCUT2D eigenvalue weighted by molar-refractivity contribution is 0.714. The van der Waals surface area contributed by atoms with Crippen LogP contribution in [0.4, 0.5) is 17.1 Å². The Morgan fingerprint density at radius 2 is 0.814 bits per heavy atom. The van der Waals surface area contributed by atoms with Crippen LogP contribution in [0.25, 0.3) is 66.1 Å². The van der Waals surface area contributed by atoms with Crippen LogP contribution in [-0.2, 0) is 5.41 Å². The molecule has 0 amide bonds. The summed E-state index contributed by atoms with van der Waals surface area (Å²) in [5.41, 5.74) is 10.6. The van der Waals surface area contributed by atoms with Crippen LogP contribution in [0.5, 0.6) is 0 Å². The zero-order valence-electron chi connectivity index (χ0n) is 45.8. The molecule has 59 heavy (non-hydrogen) atoms. The van der Waals surface area contributed by atoms with Gasteiger partial charge in [0.2, 0.25) is 0 Å². The van der Waals surface area contributed by atoms with Crippen LogP contribution in [0.15, 0.2) is 230 Å². The molecule has 0 saturated heterocycles. The number of fused-ring (bicyclic) bond motifs is 5. The third-order valence-corrected chi connectivity index (χ3v) is 11.6. The van der Waals surface area contributed by atoms with Crippen molar-refractivity contribution in [2.45, 2.75) is 12.3 Å². The number of nitrogens with zero attached hydrogens (tertiary/aromatic N) is 1. The van der Waals surface area contributed by atoms with Gasteiger partial charge in [0.15, 0.2) is 0 Å². The second-order valence-corrected chi connectivity index (χ2v) is 14.8. The molecule has 0 aliphatic heterocycles. The number of hydrogen-bond acceptors (Lipinski definition) is 1. The minimum atomic E-state index is -0.533. The summed E-state index contributed by atoms with van der Waals surface area (Å²) in [6, 6.07) is 41.3. The van der Waals surface area contributed by atoms with Crippen molar-refractivity contribution in [1.82, 2.24) is 0 Å². The fourth-order valence-corrected chi connectivity index (χ4v) is 8.64. The van der Waals surface area contributed by atoms with E-state index < -0.39 is 77.9 Å². The highest BCUT2D eigenvalue weighted by molar-refractivity contribution is 5.98. The van der Waals surface area contributed by atoms with Crippen LogP contribution < -0.4 is 4.90 Å². The first-order valence-electron chi connectivity index (χ1n) is 26.4. The molecule has 11 rings (SSSR count). The van der Waals surface area contributed by atoms with Gasteiger partial charge >= 0.3 is 0 Å². The van der Waals surface area contributed by atoms with E-state index in [1.54, 1.807) is 48.5 Å². The molecule has 1 heteroatoms. The van der Waals surface area contributed by atoms with Crippen molar-refractivity contribution >= 4 is 38.6 Å². The van der Waals surface area contributed by atoms with Gasteiger partial charge in [-0.05, 0) is 132 Å². The normalized spacial score (nSPS) is 15.9. The molecule has 0 bridgehead atoms. The second kappa shape index (κ2) is 14.2. The van der Waals surface area contributed by atoms with Crippen LogP contribution in [0.2, 0.25) is 0 Å². The SMILES string of the molecule is [2H]c1c([2H])c([2H])c2c(-c3ccc(N(c4ccc(-c5cccc(C6(C)c7ccccc7-c7ccccc76)c5)cc4)c4ccc(-c5c([2H])c([2H])c([2H])c6c([2H])c([2H])c([2H])c([2H])c56)cc4)cc3)c([2H])c([2H])c([2H])c2c1[2H]. The van der Waals surface area contributed by atoms with E-state index in [9.17, 15) is 0 Å². The van der Waals surface area contributed by atoms with Gasteiger partial charge in [-0.1, -0.05) is 188 Å². The van der Waals surface area contributed by atoms with E-state index in [4.69, 9.17) is 19.2 Å². The second-order valence-electron chi connectivity index (χ2n) is 14.8. The average molecular weight is 766 g/mol. The Balaban J connectivity index is 1.04. The molecular weight excluding hydrogens is 711 g/mol. The van der Waals surface area contributed by atoms with Gasteiger partial charge in [0.25, 0.3) is 0 Å². The van der Waals surface area contributed by atoms with E-state index in [0.29, 0.717) is 22.5 Å². The molecule has 0 heterocycles. The smallest absolute Gasteiger partial charge is 0.0629 e. The van der Waals surface area contributed by atoms with Gasteiger partial charge in [0, 0.05) is 22.5 Å². The van der Waals surface area contributed by atoms with Gasteiger partial charge in [-0.15, -0.1) is 0 Å². The molecule has 1 aliphatic rings. The first-order valence-corrected chi connectivity index (χ1v) is 19.4. The Morgan fingerprint density at radius 3 is 1.32 bits per heavy atom. The zero-order chi connectivity index (χ0) is 51.5. The maximum absolute atomic E-state index is 8.96. The van der Waals surface area contributed by atoms with Gasteiger partial charge in [-0.2, -0.15) is 0 Å². The van der Waals surface area contributed by atoms with E-state index in [1.807, 2.05) is 29.2 Å². The van der Waals surface area contributed by atoms with Gasteiger partial charge in [0.05, 0.1) is 19.2 Å².